The largest absolute Gasteiger partial charge is 0.311 e. The predicted molar refractivity (Wildman–Crippen MR) is 80.8 cm³/mol. The summed E-state index contributed by atoms with van der Waals surface area (Å²) >= 11 is 0. The van der Waals surface area contributed by atoms with Gasteiger partial charge in [0, 0.05) is 18.3 Å². The van der Waals surface area contributed by atoms with E-state index in [4.69, 9.17) is 0 Å². The Morgan fingerprint density at radius 1 is 1.29 bits per heavy atom. The van der Waals surface area contributed by atoms with Gasteiger partial charge < -0.3 is 9.47 Å². The van der Waals surface area contributed by atoms with E-state index in [1.807, 2.05) is 7.05 Å². The fraction of sp³-hybridized carbons (Fsp3) is 0.400. The van der Waals surface area contributed by atoms with Gasteiger partial charge in [-0.05, 0) is 39.1 Å². The smallest absolute Gasteiger partial charge is 0.280 e. The molecule has 6 nitrogen and oxygen atoms in total. The van der Waals surface area contributed by atoms with Crippen molar-refractivity contribution in [2.45, 2.75) is 19.4 Å². The molecule has 1 aliphatic heterocycles. The highest BCUT2D eigenvalue weighted by atomic mass is 16.6. The highest BCUT2D eigenvalue weighted by molar-refractivity contribution is 5.91. The van der Waals surface area contributed by atoms with Crippen LogP contribution < -0.4 is 5.56 Å². The average Bonchev–Trinajstić information content (AvgIpc) is 2.84. The summed E-state index contributed by atoms with van der Waals surface area (Å²) in [5, 5.41) is 12.1. The van der Waals surface area contributed by atoms with E-state index in [1.54, 1.807) is 35.9 Å². The molecular formula is C15H17N3O3. The van der Waals surface area contributed by atoms with Gasteiger partial charge in [0.05, 0.1) is 21.7 Å². The normalized spacial score (nSPS) is 19.2. The third-order valence-corrected chi connectivity index (χ3v) is 4.23. The van der Waals surface area contributed by atoms with Gasteiger partial charge in [-0.3, -0.25) is 14.9 Å². The van der Waals surface area contributed by atoms with Crippen LogP contribution in [-0.4, -0.2) is 34.5 Å². The zero-order valence-electron chi connectivity index (χ0n) is 12.1. The van der Waals surface area contributed by atoms with E-state index in [1.165, 1.54) is 0 Å². The number of nitro benzene ring substituents is 1. The van der Waals surface area contributed by atoms with Gasteiger partial charge in [0.2, 0.25) is 0 Å². The van der Waals surface area contributed by atoms with Crippen molar-refractivity contribution in [3.63, 3.8) is 0 Å². The topological polar surface area (TPSA) is 68.4 Å². The Balaban J connectivity index is 2.21. The van der Waals surface area contributed by atoms with Gasteiger partial charge >= 0.3 is 0 Å². The molecule has 1 saturated heterocycles. The van der Waals surface area contributed by atoms with Crippen LogP contribution in [0.25, 0.3) is 10.8 Å². The SMILES string of the molecule is Cc1ccc2c(=O)n([C@H]3CCN(C)C3)ccc2c1[N+](=O)[O-]. The van der Waals surface area contributed by atoms with Gasteiger partial charge in [-0.2, -0.15) is 0 Å². The lowest BCUT2D eigenvalue weighted by molar-refractivity contribution is -0.383. The summed E-state index contributed by atoms with van der Waals surface area (Å²) in [6.45, 7) is 3.48. The number of aromatic nitrogens is 1. The van der Waals surface area contributed by atoms with E-state index >= 15 is 0 Å². The molecule has 0 amide bonds. The third-order valence-electron chi connectivity index (χ3n) is 4.23. The molecule has 0 aliphatic carbocycles. The molecule has 0 unspecified atom stereocenters. The monoisotopic (exact) mass is 287 g/mol. The highest BCUT2D eigenvalue weighted by Crippen LogP contribution is 2.28. The van der Waals surface area contributed by atoms with E-state index in [-0.39, 0.29) is 17.3 Å². The van der Waals surface area contributed by atoms with Crippen molar-refractivity contribution in [2.24, 2.45) is 0 Å². The van der Waals surface area contributed by atoms with Crippen LogP contribution in [0.3, 0.4) is 0 Å². The van der Waals surface area contributed by atoms with Crippen LogP contribution in [0.15, 0.2) is 29.2 Å². The van der Waals surface area contributed by atoms with Crippen LogP contribution in [-0.2, 0) is 0 Å². The molecule has 1 fully saturated rings. The summed E-state index contributed by atoms with van der Waals surface area (Å²) in [4.78, 5) is 25.6. The maximum absolute atomic E-state index is 12.6. The molecule has 1 atom stereocenters. The summed E-state index contributed by atoms with van der Waals surface area (Å²) < 4.78 is 1.71. The molecule has 3 rings (SSSR count). The van der Waals surface area contributed by atoms with Gasteiger partial charge in [0.1, 0.15) is 0 Å². The molecule has 1 aliphatic rings. The number of hydrogen-bond acceptors (Lipinski definition) is 4. The van der Waals surface area contributed by atoms with Crippen LogP contribution in [0, 0.1) is 17.0 Å². The Bertz CT molecular complexity index is 782. The zero-order valence-corrected chi connectivity index (χ0v) is 12.1. The number of likely N-dealkylation sites (N-methyl/N-ethyl adjacent to an activating group) is 1. The number of aryl methyl sites for hydroxylation is 1. The van der Waals surface area contributed by atoms with Crippen molar-refractivity contribution in [1.29, 1.82) is 0 Å². The minimum atomic E-state index is -0.412. The summed E-state index contributed by atoms with van der Waals surface area (Å²) in [5.41, 5.74) is 0.460. The summed E-state index contributed by atoms with van der Waals surface area (Å²) in [5.74, 6) is 0. The molecule has 0 radical (unpaired) electrons. The number of likely N-dealkylation sites (tertiary alicyclic amines) is 1. The first-order valence-electron chi connectivity index (χ1n) is 6.96. The Kier molecular flexibility index (Phi) is 3.25. The van der Waals surface area contributed by atoms with E-state index in [2.05, 4.69) is 4.90 Å². The second-order valence-electron chi connectivity index (χ2n) is 5.68. The maximum atomic E-state index is 12.6. The lowest BCUT2D eigenvalue weighted by atomic mass is 10.1. The molecule has 0 spiro atoms. The van der Waals surface area contributed by atoms with Crippen molar-refractivity contribution in [3.05, 3.63) is 50.4 Å². The Morgan fingerprint density at radius 2 is 2.05 bits per heavy atom. The first-order valence-corrected chi connectivity index (χ1v) is 6.96. The molecule has 0 N–H and O–H groups in total. The summed E-state index contributed by atoms with van der Waals surface area (Å²) in [7, 11) is 2.03. The van der Waals surface area contributed by atoms with E-state index in [0.29, 0.717) is 16.3 Å². The molecular weight excluding hydrogens is 270 g/mol. The summed E-state index contributed by atoms with van der Waals surface area (Å²) in [6.07, 6.45) is 2.62. The van der Waals surface area contributed by atoms with Crippen LogP contribution in [0.4, 0.5) is 5.69 Å². The molecule has 2 aromatic rings. The van der Waals surface area contributed by atoms with Crippen molar-refractivity contribution in [2.75, 3.05) is 20.1 Å². The van der Waals surface area contributed by atoms with Crippen molar-refractivity contribution < 1.29 is 4.92 Å². The number of pyridine rings is 1. The van der Waals surface area contributed by atoms with Crippen LogP contribution >= 0.6 is 0 Å². The highest BCUT2D eigenvalue weighted by Gasteiger charge is 2.24. The lowest BCUT2D eigenvalue weighted by Crippen LogP contribution is -2.26. The predicted octanol–water partition coefficient (Wildman–Crippen LogP) is 2.09. The quantitative estimate of drug-likeness (QED) is 0.626. The maximum Gasteiger partial charge on any atom is 0.280 e. The van der Waals surface area contributed by atoms with Crippen LogP contribution in [0.2, 0.25) is 0 Å². The Morgan fingerprint density at radius 3 is 2.67 bits per heavy atom. The number of nitro groups is 1. The fourth-order valence-electron chi connectivity index (χ4n) is 3.10. The van der Waals surface area contributed by atoms with Gasteiger partial charge in [0.25, 0.3) is 11.2 Å². The number of rotatable bonds is 2. The minimum Gasteiger partial charge on any atom is -0.311 e. The number of hydrogen-bond donors (Lipinski definition) is 0. The average molecular weight is 287 g/mol. The molecule has 21 heavy (non-hydrogen) atoms. The fourth-order valence-corrected chi connectivity index (χ4v) is 3.10. The summed E-state index contributed by atoms with van der Waals surface area (Å²) in [6, 6.07) is 5.18. The first kappa shape index (κ1) is 13.8. The number of fused-ring (bicyclic) bond motifs is 1. The van der Waals surface area contributed by atoms with Crippen LogP contribution in [0.5, 0.6) is 0 Å². The Hall–Kier alpha value is -2.21. The molecule has 110 valence electrons. The molecule has 2 heterocycles. The molecule has 1 aromatic heterocycles. The number of benzene rings is 1. The molecule has 0 bridgehead atoms. The minimum absolute atomic E-state index is 0.0280. The van der Waals surface area contributed by atoms with Crippen LogP contribution in [0.1, 0.15) is 18.0 Å². The van der Waals surface area contributed by atoms with Gasteiger partial charge in [-0.25, -0.2) is 0 Å². The second-order valence-corrected chi connectivity index (χ2v) is 5.68. The number of nitrogens with zero attached hydrogens (tertiary/aromatic N) is 3. The van der Waals surface area contributed by atoms with Crippen molar-refractivity contribution in [3.8, 4) is 0 Å². The molecule has 0 saturated carbocycles. The molecule has 1 aromatic carbocycles. The lowest BCUT2D eigenvalue weighted by Gasteiger charge is -2.15. The van der Waals surface area contributed by atoms with E-state index < -0.39 is 4.92 Å². The van der Waals surface area contributed by atoms with Gasteiger partial charge in [0.15, 0.2) is 0 Å². The second kappa shape index (κ2) is 4.96. The Labute approximate surface area is 121 Å². The zero-order chi connectivity index (χ0) is 15.1. The third kappa shape index (κ3) is 2.21. The standard InChI is InChI=1S/C15H17N3O3/c1-10-3-4-13-12(14(10)18(20)21)6-8-17(15(13)19)11-5-7-16(2)9-11/h3-4,6,8,11H,5,7,9H2,1-2H3/t11-/m0/s1. The molecule has 6 heteroatoms. The van der Waals surface area contributed by atoms with E-state index in [9.17, 15) is 14.9 Å². The van der Waals surface area contributed by atoms with E-state index in [0.717, 1.165) is 19.5 Å². The van der Waals surface area contributed by atoms with Crippen molar-refractivity contribution >= 4 is 16.5 Å². The van der Waals surface area contributed by atoms with Crippen molar-refractivity contribution in [1.82, 2.24) is 9.47 Å². The van der Waals surface area contributed by atoms with Gasteiger partial charge in [-0.1, -0.05) is 6.07 Å². The first-order chi connectivity index (χ1) is 9.99. The van der Waals surface area contributed by atoms with Gasteiger partial charge in [-0.15, -0.1) is 0 Å².